The Labute approximate surface area is 200 Å². The van der Waals surface area contributed by atoms with Crippen molar-refractivity contribution in [3.05, 3.63) is 33.9 Å². The Hall–Kier alpha value is -3.07. The van der Waals surface area contributed by atoms with Crippen LogP contribution in [0.4, 0.5) is 23.5 Å². The smallest absolute Gasteiger partial charge is 0.283 e. The summed E-state index contributed by atoms with van der Waals surface area (Å²) in [4.78, 5) is 29.2. The van der Waals surface area contributed by atoms with Gasteiger partial charge in [0.1, 0.15) is 0 Å². The molecule has 4 rings (SSSR count). The van der Waals surface area contributed by atoms with E-state index in [1.165, 1.54) is 24.0 Å². The van der Waals surface area contributed by atoms with Crippen LogP contribution in [0.25, 0.3) is 0 Å². The first kappa shape index (κ1) is 24.1. The maximum absolute atomic E-state index is 11.4. The fourth-order valence-electron chi connectivity index (χ4n) is 3.41. The number of nitrogens with zero attached hydrogens (tertiary/aromatic N) is 7. The predicted octanol–water partition coefficient (Wildman–Crippen LogP) is 0.983. The van der Waals surface area contributed by atoms with Gasteiger partial charge in [-0.3, -0.25) is 10.1 Å². The lowest BCUT2D eigenvalue weighted by atomic mass is 10.2. The molecule has 0 aliphatic carbocycles. The molecule has 0 atom stereocenters. The highest BCUT2D eigenvalue weighted by atomic mass is 32.2. The summed E-state index contributed by atoms with van der Waals surface area (Å²) in [7, 11) is 0. The molecule has 2 aromatic rings. The Balaban J connectivity index is 1.53. The number of nitrogens with one attached hydrogen (secondary N) is 1. The molecule has 2 saturated heterocycles. The van der Waals surface area contributed by atoms with Gasteiger partial charge in [0.25, 0.3) is 5.69 Å². The normalized spacial score (nSPS) is 16.7. The largest absolute Gasteiger partial charge is 0.396 e. The minimum Gasteiger partial charge on any atom is -0.396 e. The molecule has 0 amide bonds. The molecular formula is C20H26N8O5S. The van der Waals surface area contributed by atoms with Crippen molar-refractivity contribution in [1.29, 1.82) is 0 Å². The van der Waals surface area contributed by atoms with Gasteiger partial charge in [-0.25, -0.2) is 5.43 Å². The molecule has 0 bridgehead atoms. The summed E-state index contributed by atoms with van der Waals surface area (Å²) in [6.45, 7) is 5.07. The molecular weight excluding hydrogens is 464 g/mol. The highest BCUT2D eigenvalue weighted by Crippen LogP contribution is 2.29. The van der Waals surface area contributed by atoms with Crippen molar-refractivity contribution in [3.63, 3.8) is 0 Å². The van der Waals surface area contributed by atoms with E-state index in [0.29, 0.717) is 80.7 Å². The van der Waals surface area contributed by atoms with Gasteiger partial charge in [-0.15, -0.1) is 11.8 Å². The maximum atomic E-state index is 11.4. The molecule has 2 N–H and O–H groups in total. The van der Waals surface area contributed by atoms with Crippen LogP contribution in [0.5, 0.6) is 0 Å². The van der Waals surface area contributed by atoms with E-state index in [1.54, 1.807) is 12.1 Å². The first-order valence-corrected chi connectivity index (χ1v) is 11.9. The third-order valence-electron chi connectivity index (χ3n) is 5.11. The van der Waals surface area contributed by atoms with Crippen LogP contribution in [0.1, 0.15) is 5.56 Å². The fourth-order valence-corrected chi connectivity index (χ4v) is 4.17. The average Bonchev–Trinajstić information content (AvgIpc) is 2.88. The molecule has 34 heavy (non-hydrogen) atoms. The number of thioether (sulfide) groups is 1. The van der Waals surface area contributed by atoms with Crippen molar-refractivity contribution in [3.8, 4) is 0 Å². The van der Waals surface area contributed by atoms with Gasteiger partial charge in [0.15, 0.2) is 0 Å². The third-order valence-corrected chi connectivity index (χ3v) is 6.15. The lowest BCUT2D eigenvalue weighted by Gasteiger charge is -2.30. The van der Waals surface area contributed by atoms with Crippen LogP contribution >= 0.6 is 11.8 Å². The molecule has 1 aromatic heterocycles. The van der Waals surface area contributed by atoms with Crippen LogP contribution in [0.3, 0.4) is 0 Å². The lowest BCUT2D eigenvalue weighted by Crippen LogP contribution is -2.40. The van der Waals surface area contributed by atoms with Gasteiger partial charge in [0, 0.05) is 43.6 Å². The Morgan fingerprint density at radius 3 is 2.26 bits per heavy atom. The van der Waals surface area contributed by atoms with Crippen molar-refractivity contribution < 1.29 is 19.5 Å². The number of aliphatic hydroxyl groups excluding tert-OH is 1. The van der Waals surface area contributed by atoms with E-state index >= 15 is 0 Å². The fraction of sp³-hybridized carbons (Fsp3) is 0.500. The average molecular weight is 491 g/mol. The van der Waals surface area contributed by atoms with Gasteiger partial charge in [-0.1, -0.05) is 6.07 Å². The number of aliphatic hydroxyl groups is 1. The standard InChI is InChI=1S/C20H26N8O5S/c29-7-12-34-17-2-1-15(13-16(17)28(30)31)14-21-25-18-22-19(26-3-8-32-9-4-26)24-20(23-18)27-5-10-33-11-6-27/h1-2,13-14,29H,3-12H2,(H,22,23,24,25). The number of nitro groups is 1. The van der Waals surface area contributed by atoms with E-state index in [4.69, 9.17) is 14.6 Å². The number of hydrazone groups is 1. The van der Waals surface area contributed by atoms with Crippen molar-refractivity contribution in [2.75, 3.05) is 80.2 Å². The van der Waals surface area contributed by atoms with Gasteiger partial charge >= 0.3 is 0 Å². The highest BCUT2D eigenvalue weighted by molar-refractivity contribution is 7.99. The minimum atomic E-state index is -0.445. The third kappa shape index (κ3) is 6.28. The molecule has 0 saturated carbocycles. The van der Waals surface area contributed by atoms with Crippen LogP contribution in [0.2, 0.25) is 0 Å². The molecule has 3 heterocycles. The first-order valence-electron chi connectivity index (χ1n) is 10.9. The molecule has 2 aliphatic rings. The molecule has 14 heteroatoms. The zero-order chi connectivity index (χ0) is 23.8. The van der Waals surface area contributed by atoms with Crippen molar-refractivity contribution in [1.82, 2.24) is 15.0 Å². The van der Waals surface area contributed by atoms with Crippen molar-refractivity contribution >= 4 is 41.5 Å². The number of hydrogen-bond acceptors (Lipinski definition) is 13. The van der Waals surface area contributed by atoms with E-state index in [9.17, 15) is 10.1 Å². The second kappa shape index (κ2) is 11.9. The first-order chi connectivity index (χ1) is 16.6. The van der Waals surface area contributed by atoms with E-state index in [1.807, 2.05) is 9.80 Å². The van der Waals surface area contributed by atoms with E-state index in [0.717, 1.165) is 0 Å². The summed E-state index contributed by atoms with van der Waals surface area (Å²) in [5, 5.41) is 24.6. The number of aromatic nitrogens is 3. The summed E-state index contributed by atoms with van der Waals surface area (Å²) in [5.74, 6) is 1.74. The zero-order valence-electron chi connectivity index (χ0n) is 18.5. The molecule has 0 unspecified atom stereocenters. The summed E-state index contributed by atoms with van der Waals surface area (Å²) in [5.41, 5.74) is 3.34. The Morgan fingerprint density at radius 1 is 1.09 bits per heavy atom. The Bertz CT molecular complexity index is 978. The lowest BCUT2D eigenvalue weighted by molar-refractivity contribution is -0.387. The number of ether oxygens (including phenoxy) is 2. The molecule has 0 spiro atoms. The SMILES string of the molecule is O=[N+]([O-])c1cc(C=NNc2nc(N3CCOCC3)nc(N3CCOCC3)n2)ccc1SCCO. The van der Waals surface area contributed by atoms with E-state index in [-0.39, 0.29) is 18.2 Å². The number of anilines is 3. The van der Waals surface area contributed by atoms with Crippen LogP contribution in [0, 0.1) is 10.1 Å². The number of nitro benzene ring substituents is 1. The van der Waals surface area contributed by atoms with Gasteiger partial charge in [-0.2, -0.15) is 20.1 Å². The van der Waals surface area contributed by atoms with Crippen LogP contribution in [-0.2, 0) is 9.47 Å². The van der Waals surface area contributed by atoms with Gasteiger partial charge in [0.05, 0.1) is 49.1 Å². The second-order valence-corrected chi connectivity index (χ2v) is 8.52. The van der Waals surface area contributed by atoms with Gasteiger partial charge in [0.2, 0.25) is 17.8 Å². The van der Waals surface area contributed by atoms with E-state index in [2.05, 4.69) is 25.5 Å². The highest BCUT2D eigenvalue weighted by Gasteiger charge is 2.20. The zero-order valence-corrected chi connectivity index (χ0v) is 19.3. The summed E-state index contributed by atoms with van der Waals surface area (Å²) in [6.07, 6.45) is 1.47. The number of rotatable bonds is 9. The van der Waals surface area contributed by atoms with Crippen LogP contribution < -0.4 is 15.2 Å². The molecule has 182 valence electrons. The Kier molecular flexibility index (Phi) is 8.41. The summed E-state index contributed by atoms with van der Waals surface area (Å²) >= 11 is 1.23. The number of hydrogen-bond donors (Lipinski definition) is 2. The second-order valence-electron chi connectivity index (χ2n) is 7.38. The summed E-state index contributed by atoms with van der Waals surface area (Å²) in [6, 6.07) is 4.82. The van der Waals surface area contributed by atoms with E-state index < -0.39 is 4.92 Å². The van der Waals surface area contributed by atoms with Crippen molar-refractivity contribution in [2.24, 2.45) is 5.10 Å². The molecule has 0 radical (unpaired) electrons. The molecule has 13 nitrogen and oxygen atoms in total. The summed E-state index contributed by atoms with van der Waals surface area (Å²) < 4.78 is 10.9. The van der Waals surface area contributed by atoms with Gasteiger partial charge < -0.3 is 24.4 Å². The number of morpholine rings is 2. The van der Waals surface area contributed by atoms with Gasteiger partial charge in [-0.05, 0) is 6.07 Å². The quantitative estimate of drug-likeness (QED) is 0.223. The molecule has 1 aromatic carbocycles. The van der Waals surface area contributed by atoms with Crippen molar-refractivity contribution in [2.45, 2.75) is 4.90 Å². The van der Waals surface area contributed by atoms with Crippen LogP contribution in [0.15, 0.2) is 28.2 Å². The molecule has 2 aliphatic heterocycles. The van der Waals surface area contributed by atoms with Crippen LogP contribution in [-0.4, -0.2) is 96.2 Å². The predicted molar refractivity (Wildman–Crippen MR) is 128 cm³/mol. The Morgan fingerprint density at radius 2 is 1.71 bits per heavy atom. The molecule has 2 fully saturated rings. The number of benzene rings is 1. The minimum absolute atomic E-state index is 0.0354. The monoisotopic (exact) mass is 490 g/mol. The topological polar surface area (TPSA) is 151 Å². The maximum Gasteiger partial charge on any atom is 0.283 e.